The molecule has 2 aromatic heterocycles. The van der Waals surface area contributed by atoms with Crippen molar-refractivity contribution in [3.05, 3.63) is 60.0 Å². The summed E-state index contributed by atoms with van der Waals surface area (Å²) in [5, 5.41) is 35.3. The molecule has 1 saturated heterocycles. The van der Waals surface area contributed by atoms with Gasteiger partial charge in [0.25, 0.3) is 5.91 Å². The van der Waals surface area contributed by atoms with Gasteiger partial charge in [-0.1, -0.05) is 6.07 Å². The van der Waals surface area contributed by atoms with Crippen molar-refractivity contribution in [1.82, 2.24) is 19.7 Å². The molecule has 1 aliphatic heterocycles. The number of nitriles is 1. The van der Waals surface area contributed by atoms with Crippen molar-refractivity contribution in [3.63, 3.8) is 0 Å². The van der Waals surface area contributed by atoms with Crippen molar-refractivity contribution in [2.24, 2.45) is 13.0 Å². The molecule has 1 aliphatic carbocycles. The van der Waals surface area contributed by atoms with Crippen molar-refractivity contribution >= 4 is 17.6 Å². The molecule has 2 amide bonds. The summed E-state index contributed by atoms with van der Waals surface area (Å²) >= 11 is 0. The number of aliphatic hydroxyl groups is 2. The molecule has 1 saturated carbocycles. The number of hydrogen-bond acceptors (Lipinski definition) is 8. The number of hydrogen-bond donors (Lipinski definition) is 3. The maximum absolute atomic E-state index is 14.8. The van der Waals surface area contributed by atoms with E-state index in [-0.39, 0.29) is 48.6 Å². The Hall–Kier alpha value is -4.34. The van der Waals surface area contributed by atoms with Crippen LogP contribution in [0, 0.1) is 17.2 Å². The SMILES string of the molecule is Cn1cc(C2CC2C(=O)Nc2cc(-c3ccc(O[C@H]4CCN(C(=O)[C@@H](O)CO)C[C@H]4F)c(C#N)c3)ccn2)cn1. The Morgan fingerprint density at radius 2 is 2.10 bits per heavy atom. The fourth-order valence-corrected chi connectivity index (χ4v) is 4.95. The molecule has 208 valence electrons. The van der Waals surface area contributed by atoms with Gasteiger partial charge in [0.2, 0.25) is 5.91 Å². The second kappa shape index (κ2) is 11.4. The van der Waals surface area contributed by atoms with Crippen molar-refractivity contribution in [2.75, 3.05) is 25.0 Å². The third-order valence-electron chi connectivity index (χ3n) is 7.25. The largest absolute Gasteiger partial charge is 0.486 e. The van der Waals surface area contributed by atoms with Crippen molar-refractivity contribution in [3.8, 4) is 22.9 Å². The lowest BCUT2D eigenvalue weighted by atomic mass is 10.0. The molecule has 1 aromatic carbocycles. The minimum Gasteiger partial charge on any atom is -0.486 e. The van der Waals surface area contributed by atoms with Gasteiger partial charge in [-0.2, -0.15) is 10.4 Å². The van der Waals surface area contributed by atoms with Crippen LogP contribution >= 0.6 is 0 Å². The Balaban J connectivity index is 1.23. The number of carbonyl (C=O) groups is 2. The summed E-state index contributed by atoms with van der Waals surface area (Å²) in [5.41, 5.74) is 2.66. The zero-order chi connectivity index (χ0) is 28.4. The van der Waals surface area contributed by atoms with Crippen molar-refractivity contribution in [1.29, 1.82) is 5.26 Å². The van der Waals surface area contributed by atoms with Gasteiger partial charge in [-0.15, -0.1) is 0 Å². The quantitative estimate of drug-likeness (QED) is 0.385. The number of nitrogens with zero attached hydrogens (tertiary/aromatic N) is 5. The van der Waals surface area contributed by atoms with Gasteiger partial charge in [-0.25, -0.2) is 9.37 Å². The van der Waals surface area contributed by atoms with E-state index in [1.165, 1.54) is 0 Å². The van der Waals surface area contributed by atoms with Crippen LogP contribution in [0.2, 0.25) is 0 Å². The number of likely N-dealkylation sites (tertiary alicyclic amines) is 1. The molecular weight excluding hydrogens is 519 g/mol. The number of piperidine rings is 1. The highest BCUT2D eigenvalue weighted by Gasteiger charge is 2.44. The molecular formula is C28H29FN6O5. The number of aromatic nitrogens is 3. The van der Waals surface area contributed by atoms with Gasteiger partial charge >= 0.3 is 0 Å². The molecule has 0 spiro atoms. The van der Waals surface area contributed by atoms with E-state index in [0.717, 1.165) is 22.4 Å². The molecule has 3 N–H and O–H groups in total. The molecule has 3 heterocycles. The van der Waals surface area contributed by atoms with E-state index in [0.29, 0.717) is 11.4 Å². The first-order chi connectivity index (χ1) is 19.3. The Bertz CT molecular complexity index is 1450. The summed E-state index contributed by atoms with van der Waals surface area (Å²) in [4.78, 5) is 30.2. The highest BCUT2D eigenvalue weighted by Crippen LogP contribution is 2.47. The lowest BCUT2D eigenvalue weighted by molar-refractivity contribution is -0.146. The molecule has 5 rings (SSSR count). The number of halogens is 1. The van der Waals surface area contributed by atoms with Gasteiger partial charge in [0.05, 0.1) is 24.9 Å². The molecule has 2 aliphatic rings. The average Bonchev–Trinajstić information content (AvgIpc) is 3.66. The summed E-state index contributed by atoms with van der Waals surface area (Å²) in [6, 6.07) is 10.5. The standard InChI is InChI=1S/C28H29FN6O5/c1-34-13-19(12-32-34)20-10-21(20)27(38)33-26-9-17(4-6-31-26)16-2-3-24(18(8-16)11-30)40-25-5-7-35(14-22(25)29)28(39)23(37)15-36/h2-4,6,8-9,12-13,20-23,25,36-37H,5,7,10,14-15H2,1H3,(H,31,33,38)/t20?,21?,22-,23+,25+/m1/s1. The Kier molecular flexibility index (Phi) is 7.77. The lowest BCUT2D eigenvalue weighted by Crippen LogP contribution is -2.52. The van der Waals surface area contributed by atoms with Crippen LogP contribution < -0.4 is 10.1 Å². The van der Waals surface area contributed by atoms with Crippen LogP contribution in [0.1, 0.15) is 29.9 Å². The van der Waals surface area contributed by atoms with Gasteiger partial charge in [0.1, 0.15) is 23.7 Å². The fraction of sp³-hybridized carbons (Fsp3) is 0.393. The van der Waals surface area contributed by atoms with Gasteiger partial charge in [0.15, 0.2) is 12.3 Å². The van der Waals surface area contributed by atoms with Crippen LogP contribution in [0.25, 0.3) is 11.1 Å². The predicted octanol–water partition coefficient (Wildman–Crippen LogP) is 1.77. The number of ether oxygens (including phenoxy) is 1. The van der Waals surface area contributed by atoms with Crippen molar-refractivity contribution < 1.29 is 28.9 Å². The predicted molar refractivity (Wildman–Crippen MR) is 141 cm³/mol. The number of pyridine rings is 1. The Morgan fingerprint density at radius 3 is 2.80 bits per heavy atom. The van der Waals surface area contributed by atoms with E-state index in [1.54, 1.807) is 47.4 Å². The molecule has 0 bridgehead atoms. The zero-order valence-corrected chi connectivity index (χ0v) is 21.8. The van der Waals surface area contributed by atoms with E-state index in [4.69, 9.17) is 9.84 Å². The highest BCUT2D eigenvalue weighted by atomic mass is 19.1. The average molecular weight is 549 g/mol. The third-order valence-corrected chi connectivity index (χ3v) is 7.25. The Morgan fingerprint density at radius 1 is 1.30 bits per heavy atom. The normalized spacial score (nSPS) is 22.7. The molecule has 0 radical (unpaired) electrons. The summed E-state index contributed by atoms with van der Waals surface area (Å²) < 4.78 is 22.4. The molecule has 5 atom stereocenters. The minimum absolute atomic E-state index is 0.112. The van der Waals surface area contributed by atoms with E-state index in [9.17, 15) is 24.3 Å². The summed E-state index contributed by atoms with van der Waals surface area (Å²) in [6.07, 6.45) is 2.18. The maximum Gasteiger partial charge on any atom is 0.253 e. The van der Waals surface area contributed by atoms with Gasteiger partial charge in [-0.3, -0.25) is 14.3 Å². The third kappa shape index (κ3) is 5.80. The molecule has 3 aromatic rings. The topological polar surface area (TPSA) is 154 Å². The number of carbonyl (C=O) groups excluding carboxylic acids is 2. The van der Waals surface area contributed by atoms with Gasteiger partial charge in [-0.05, 0) is 53.3 Å². The number of aliphatic hydroxyl groups excluding tert-OH is 2. The van der Waals surface area contributed by atoms with Crippen LogP contribution in [0.5, 0.6) is 5.75 Å². The molecule has 11 nitrogen and oxygen atoms in total. The van der Waals surface area contributed by atoms with Gasteiger partial charge in [0, 0.05) is 38.3 Å². The van der Waals surface area contributed by atoms with E-state index < -0.39 is 30.9 Å². The monoisotopic (exact) mass is 548 g/mol. The van der Waals surface area contributed by atoms with E-state index >= 15 is 0 Å². The zero-order valence-electron chi connectivity index (χ0n) is 21.8. The van der Waals surface area contributed by atoms with Crippen LogP contribution in [0.3, 0.4) is 0 Å². The van der Waals surface area contributed by atoms with Crippen molar-refractivity contribution in [2.45, 2.75) is 37.1 Å². The number of nitrogens with one attached hydrogen (secondary N) is 1. The highest BCUT2D eigenvalue weighted by molar-refractivity contribution is 5.95. The smallest absolute Gasteiger partial charge is 0.253 e. The number of aryl methyl sites for hydroxylation is 1. The maximum atomic E-state index is 14.8. The molecule has 12 heteroatoms. The van der Waals surface area contributed by atoms with Crippen LogP contribution in [0.15, 0.2) is 48.9 Å². The molecule has 2 fully saturated rings. The number of alkyl halides is 1. The number of rotatable bonds is 8. The molecule has 40 heavy (non-hydrogen) atoms. The first-order valence-corrected chi connectivity index (χ1v) is 13.0. The summed E-state index contributed by atoms with van der Waals surface area (Å²) in [7, 11) is 1.84. The second-order valence-corrected chi connectivity index (χ2v) is 10.1. The first-order valence-electron chi connectivity index (χ1n) is 13.0. The number of anilines is 1. The number of benzene rings is 1. The summed E-state index contributed by atoms with van der Waals surface area (Å²) in [6.45, 7) is -0.866. The lowest BCUT2D eigenvalue weighted by Gasteiger charge is -2.35. The first kappa shape index (κ1) is 27.2. The van der Waals surface area contributed by atoms with Gasteiger partial charge < -0.3 is 25.2 Å². The van der Waals surface area contributed by atoms with Crippen LogP contribution in [0.4, 0.5) is 10.2 Å². The second-order valence-electron chi connectivity index (χ2n) is 10.1. The number of amides is 2. The minimum atomic E-state index is -1.58. The van der Waals surface area contributed by atoms with Crippen LogP contribution in [-0.2, 0) is 16.6 Å². The fourth-order valence-electron chi connectivity index (χ4n) is 4.95. The van der Waals surface area contributed by atoms with Crippen LogP contribution in [-0.4, -0.2) is 79.8 Å². The summed E-state index contributed by atoms with van der Waals surface area (Å²) in [5.74, 6) is -0.229. The Labute approximate surface area is 229 Å². The van der Waals surface area contributed by atoms with E-state index in [2.05, 4.69) is 21.5 Å². The van der Waals surface area contributed by atoms with E-state index in [1.807, 2.05) is 13.2 Å². The molecule has 2 unspecified atom stereocenters.